The Balaban J connectivity index is 1.58. The molecular formula is C21H18ClN5. The average molecular weight is 376 g/mol. The van der Waals surface area contributed by atoms with Crippen LogP contribution in [-0.4, -0.2) is 15.0 Å². The lowest BCUT2D eigenvalue weighted by molar-refractivity contribution is 1.06. The molecule has 0 atom stereocenters. The minimum Gasteiger partial charge on any atom is -0.366 e. The van der Waals surface area contributed by atoms with Crippen LogP contribution in [0.1, 0.15) is 11.3 Å². The minimum absolute atomic E-state index is 0.523. The van der Waals surface area contributed by atoms with E-state index in [9.17, 15) is 0 Å². The van der Waals surface area contributed by atoms with Crippen molar-refractivity contribution in [1.29, 1.82) is 0 Å². The first-order chi connectivity index (χ1) is 13.2. The number of hydrogen-bond donors (Lipinski definition) is 2. The van der Waals surface area contributed by atoms with E-state index < -0.39 is 0 Å². The van der Waals surface area contributed by atoms with E-state index in [1.54, 1.807) is 6.20 Å². The van der Waals surface area contributed by atoms with E-state index >= 15 is 0 Å². The van der Waals surface area contributed by atoms with Gasteiger partial charge in [0.05, 0.1) is 11.2 Å². The molecule has 0 spiro atoms. The number of nitrogens with zero attached hydrogens (tertiary/aromatic N) is 3. The number of aromatic nitrogens is 3. The molecule has 0 saturated heterocycles. The molecule has 0 aliphatic rings. The topological polar surface area (TPSA) is 62.7 Å². The molecular weight excluding hydrogens is 358 g/mol. The fraction of sp³-hybridized carbons (Fsp3) is 0.0952. The second-order valence-electron chi connectivity index (χ2n) is 6.17. The van der Waals surface area contributed by atoms with Gasteiger partial charge in [0.1, 0.15) is 5.82 Å². The summed E-state index contributed by atoms with van der Waals surface area (Å²) in [5, 5.41) is 8.40. The van der Waals surface area contributed by atoms with Crippen molar-refractivity contribution < 1.29 is 0 Å². The molecule has 134 valence electrons. The van der Waals surface area contributed by atoms with Crippen molar-refractivity contribution in [2.45, 2.75) is 13.5 Å². The van der Waals surface area contributed by atoms with Gasteiger partial charge >= 0.3 is 0 Å². The van der Waals surface area contributed by atoms with Crippen LogP contribution in [0.5, 0.6) is 0 Å². The molecule has 0 aliphatic heterocycles. The Bertz CT molecular complexity index is 1090. The third-order valence-electron chi connectivity index (χ3n) is 4.15. The van der Waals surface area contributed by atoms with Gasteiger partial charge in [-0.15, -0.1) is 0 Å². The van der Waals surface area contributed by atoms with Crippen molar-refractivity contribution in [3.8, 4) is 0 Å². The number of aryl methyl sites for hydroxylation is 1. The molecule has 4 aromatic rings. The number of anilines is 3. The summed E-state index contributed by atoms with van der Waals surface area (Å²) in [6, 6.07) is 19.6. The van der Waals surface area contributed by atoms with E-state index in [1.165, 1.54) is 0 Å². The van der Waals surface area contributed by atoms with Crippen molar-refractivity contribution >= 4 is 40.0 Å². The first-order valence-corrected chi connectivity index (χ1v) is 9.00. The SMILES string of the molecule is Cc1cc(NCc2ccccc2Cl)nc(Nc2cccc3cccnc23)n1. The van der Waals surface area contributed by atoms with Crippen LogP contribution in [0.4, 0.5) is 17.5 Å². The molecule has 4 rings (SSSR count). The molecule has 0 amide bonds. The molecule has 0 unspecified atom stereocenters. The number of nitrogens with one attached hydrogen (secondary N) is 2. The zero-order valence-corrected chi connectivity index (χ0v) is 15.5. The summed E-state index contributed by atoms with van der Waals surface area (Å²) in [5.41, 5.74) is 3.64. The summed E-state index contributed by atoms with van der Waals surface area (Å²) in [4.78, 5) is 13.5. The van der Waals surface area contributed by atoms with Crippen LogP contribution in [0, 0.1) is 6.92 Å². The zero-order valence-electron chi connectivity index (χ0n) is 14.8. The van der Waals surface area contributed by atoms with Gasteiger partial charge in [-0.2, -0.15) is 4.98 Å². The summed E-state index contributed by atoms with van der Waals surface area (Å²) in [6.07, 6.45) is 1.78. The summed E-state index contributed by atoms with van der Waals surface area (Å²) >= 11 is 6.22. The predicted molar refractivity (Wildman–Crippen MR) is 111 cm³/mol. The third-order valence-corrected chi connectivity index (χ3v) is 4.52. The van der Waals surface area contributed by atoms with Crippen molar-refractivity contribution in [1.82, 2.24) is 15.0 Å². The van der Waals surface area contributed by atoms with Crippen molar-refractivity contribution in [2.24, 2.45) is 0 Å². The number of pyridine rings is 1. The van der Waals surface area contributed by atoms with E-state index in [-0.39, 0.29) is 0 Å². The van der Waals surface area contributed by atoms with E-state index in [0.717, 1.165) is 38.7 Å². The molecule has 2 N–H and O–H groups in total. The maximum atomic E-state index is 6.22. The number of fused-ring (bicyclic) bond motifs is 1. The van der Waals surface area contributed by atoms with Gasteiger partial charge in [0.2, 0.25) is 5.95 Å². The Morgan fingerprint density at radius 2 is 1.81 bits per heavy atom. The van der Waals surface area contributed by atoms with Crippen LogP contribution in [0.3, 0.4) is 0 Å². The Morgan fingerprint density at radius 1 is 0.963 bits per heavy atom. The number of benzene rings is 2. The van der Waals surface area contributed by atoms with Gasteiger partial charge in [0.25, 0.3) is 0 Å². The highest BCUT2D eigenvalue weighted by Gasteiger charge is 2.07. The molecule has 0 radical (unpaired) electrons. The van der Waals surface area contributed by atoms with Gasteiger partial charge in [-0.25, -0.2) is 4.98 Å². The van der Waals surface area contributed by atoms with Crippen molar-refractivity contribution in [3.63, 3.8) is 0 Å². The standard InChI is InChI=1S/C21H18ClN5/c1-14-12-19(24-13-16-6-2-3-9-17(16)22)27-21(25-14)26-18-10-4-7-15-8-5-11-23-20(15)18/h2-12H,13H2,1H3,(H2,24,25,26,27). The minimum atomic E-state index is 0.523. The molecule has 2 heterocycles. The highest BCUT2D eigenvalue weighted by atomic mass is 35.5. The van der Waals surface area contributed by atoms with E-state index in [4.69, 9.17) is 11.6 Å². The summed E-state index contributed by atoms with van der Waals surface area (Å²) in [7, 11) is 0. The van der Waals surface area contributed by atoms with Gasteiger partial charge in [0.15, 0.2) is 0 Å². The Labute approximate surface area is 162 Å². The Kier molecular flexibility index (Phi) is 4.85. The molecule has 2 aromatic carbocycles. The van der Waals surface area contributed by atoms with Crippen LogP contribution in [0.15, 0.2) is 66.9 Å². The summed E-state index contributed by atoms with van der Waals surface area (Å²) in [6.45, 7) is 2.53. The number of rotatable bonds is 5. The molecule has 0 aliphatic carbocycles. The lowest BCUT2D eigenvalue weighted by Gasteiger charge is -2.11. The van der Waals surface area contributed by atoms with Crippen LogP contribution in [0.25, 0.3) is 10.9 Å². The van der Waals surface area contributed by atoms with Crippen LogP contribution in [0.2, 0.25) is 5.02 Å². The highest BCUT2D eigenvalue weighted by molar-refractivity contribution is 6.31. The molecule has 0 fully saturated rings. The van der Waals surface area contributed by atoms with Gasteiger partial charge in [-0.1, -0.05) is 48.0 Å². The Hall–Kier alpha value is -3.18. The monoisotopic (exact) mass is 375 g/mol. The number of hydrogen-bond acceptors (Lipinski definition) is 5. The molecule has 5 nitrogen and oxygen atoms in total. The smallest absolute Gasteiger partial charge is 0.229 e. The maximum Gasteiger partial charge on any atom is 0.229 e. The van der Waals surface area contributed by atoms with Crippen molar-refractivity contribution in [3.05, 3.63) is 83.1 Å². The fourth-order valence-electron chi connectivity index (χ4n) is 2.87. The van der Waals surface area contributed by atoms with E-state index in [2.05, 4.69) is 25.6 Å². The predicted octanol–water partition coefficient (Wildman–Crippen LogP) is 5.34. The lowest BCUT2D eigenvalue weighted by atomic mass is 10.2. The molecule has 6 heteroatoms. The summed E-state index contributed by atoms with van der Waals surface area (Å²) < 4.78 is 0. The van der Waals surface area contributed by atoms with E-state index in [1.807, 2.05) is 67.6 Å². The normalized spacial score (nSPS) is 10.7. The maximum absolute atomic E-state index is 6.22. The molecule has 27 heavy (non-hydrogen) atoms. The van der Waals surface area contributed by atoms with Crippen LogP contribution < -0.4 is 10.6 Å². The highest BCUT2D eigenvalue weighted by Crippen LogP contribution is 2.24. The first-order valence-electron chi connectivity index (χ1n) is 8.63. The van der Waals surface area contributed by atoms with Gasteiger partial charge in [-0.05, 0) is 30.7 Å². The lowest BCUT2D eigenvalue weighted by Crippen LogP contribution is -2.06. The summed E-state index contributed by atoms with van der Waals surface area (Å²) in [5.74, 6) is 1.26. The van der Waals surface area contributed by atoms with Gasteiger partial charge in [-0.3, -0.25) is 4.98 Å². The quantitative estimate of drug-likeness (QED) is 0.492. The number of halogens is 1. The molecule has 0 saturated carbocycles. The zero-order chi connectivity index (χ0) is 18.6. The third kappa shape index (κ3) is 3.99. The molecule has 2 aromatic heterocycles. The second-order valence-corrected chi connectivity index (χ2v) is 6.58. The molecule has 0 bridgehead atoms. The fourth-order valence-corrected chi connectivity index (χ4v) is 3.07. The number of para-hydroxylation sites is 1. The first kappa shape index (κ1) is 17.2. The van der Waals surface area contributed by atoms with Crippen LogP contribution in [-0.2, 0) is 6.54 Å². The largest absolute Gasteiger partial charge is 0.366 e. The van der Waals surface area contributed by atoms with Crippen LogP contribution >= 0.6 is 11.6 Å². The average Bonchev–Trinajstić information content (AvgIpc) is 2.67. The van der Waals surface area contributed by atoms with Gasteiger partial charge < -0.3 is 10.6 Å². The van der Waals surface area contributed by atoms with Crippen molar-refractivity contribution in [2.75, 3.05) is 10.6 Å². The van der Waals surface area contributed by atoms with E-state index in [0.29, 0.717) is 12.5 Å². The Morgan fingerprint density at radius 3 is 2.70 bits per heavy atom. The second kappa shape index (κ2) is 7.60. The van der Waals surface area contributed by atoms with Gasteiger partial charge in [0, 0.05) is 34.9 Å².